The van der Waals surface area contributed by atoms with Crippen LogP contribution in [0.5, 0.6) is 0 Å². The first-order valence-electron chi connectivity index (χ1n) is 7.24. The summed E-state index contributed by atoms with van der Waals surface area (Å²) in [5.74, 6) is 0.239. The molecular formula is C14H26N4O2S2. The summed E-state index contributed by atoms with van der Waals surface area (Å²) in [6.45, 7) is 6.57. The van der Waals surface area contributed by atoms with Gasteiger partial charge in [-0.2, -0.15) is 0 Å². The molecule has 1 rings (SSSR count). The second kappa shape index (κ2) is 8.03. The summed E-state index contributed by atoms with van der Waals surface area (Å²) in [7, 11) is -2.67. The first-order valence-corrected chi connectivity index (χ1v) is 10.0. The Morgan fingerprint density at radius 1 is 1.50 bits per heavy atom. The predicted molar refractivity (Wildman–Crippen MR) is 91.2 cm³/mol. The van der Waals surface area contributed by atoms with Gasteiger partial charge in [0.15, 0.2) is 0 Å². The molecular weight excluding hydrogens is 320 g/mol. The summed E-state index contributed by atoms with van der Waals surface area (Å²) in [4.78, 5) is 16.7. The van der Waals surface area contributed by atoms with Gasteiger partial charge in [-0.25, -0.2) is 4.21 Å². The maximum absolute atomic E-state index is 12.2. The van der Waals surface area contributed by atoms with E-state index in [4.69, 9.17) is 10.5 Å². The third-order valence-electron chi connectivity index (χ3n) is 3.20. The van der Waals surface area contributed by atoms with Gasteiger partial charge in [0.25, 0.3) is 0 Å². The number of thiazole rings is 1. The van der Waals surface area contributed by atoms with Crippen molar-refractivity contribution in [1.82, 2.24) is 10.3 Å². The van der Waals surface area contributed by atoms with Crippen molar-refractivity contribution in [3.63, 3.8) is 0 Å². The molecule has 1 unspecified atom stereocenters. The Bertz CT molecular complexity index is 562. The third kappa shape index (κ3) is 7.86. The smallest absolute Gasteiger partial charge is 0.237 e. The van der Waals surface area contributed by atoms with E-state index in [1.807, 2.05) is 0 Å². The average Bonchev–Trinajstić information content (AvgIpc) is 2.93. The number of carbonyl (C=O) groups excluding carboxylic acids is 1. The molecule has 0 aromatic carbocycles. The highest BCUT2D eigenvalue weighted by Crippen LogP contribution is 2.19. The largest absolute Gasteiger partial charge is 0.350 e. The van der Waals surface area contributed by atoms with Gasteiger partial charge in [0.1, 0.15) is 0 Å². The van der Waals surface area contributed by atoms with Crippen LogP contribution in [-0.2, 0) is 21.1 Å². The molecule has 1 aromatic heterocycles. The lowest BCUT2D eigenvalue weighted by molar-refractivity contribution is -0.122. The Kier molecular flexibility index (Phi) is 6.96. The maximum Gasteiger partial charge on any atom is 0.237 e. The summed E-state index contributed by atoms with van der Waals surface area (Å²) in [6.07, 6.45) is 2.68. The van der Waals surface area contributed by atoms with Crippen LogP contribution in [0.25, 0.3) is 0 Å². The van der Waals surface area contributed by atoms with Crippen molar-refractivity contribution in [2.24, 2.45) is 11.1 Å². The van der Waals surface area contributed by atoms with Gasteiger partial charge >= 0.3 is 0 Å². The van der Waals surface area contributed by atoms with Crippen LogP contribution in [0.15, 0.2) is 11.7 Å². The number of nitrogens with two attached hydrogens (primary N) is 1. The van der Waals surface area contributed by atoms with Crippen LogP contribution in [0.1, 0.15) is 38.5 Å². The van der Waals surface area contributed by atoms with Crippen LogP contribution >= 0.6 is 11.3 Å². The lowest BCUT2D eigenvalue weighted by Gasteiger charge is -2.19. The molecule has 0 saturated carbocycles. The number of hydrogen-bond donors (Lipinski definition) is 3. The van der Waals surface area contributed by atoms with Crippen LogP contribution in [0, 0.1) is 10.2 Å². The summed E-state index contributed by atoms with van der Waals surface area (Å²) in [5.41, 5.74) is 7.57. The monoisotopic (exact) mass is 346 g/mol. The van der Waals surface area contributed by atoms with Crippen LogP contribution in [0.4, 0.5) is 0 Å². The predicted octanol–water partition coefficient (Wildman–Crippen LogP) is 1.96. The molecule has 0 saturated heterocycles. The minimum Gasteiger partial charge on any atom is -0.350 e. The van der Waals surface area contributed by atoms with Crippen LogP contribution in [0.3, 0.4) is 0 Å². The fourth-order valence-corrected chi connectivity index (χ4v) is 3.97. The van der Waals surface area contributed by atoms with Crippen molar-refractivity contribution in [3.05, 3.63) is 16.6 Å². The Hall–Kier alpha value is -0.990. The van der Waals surface area contributed by atoms with E-state index < -0.39 is 15.8 Å². The summed E-state index contributed by atoms with van der Waals surface area (Å²) < 4.78 is 20.1. The van der Waals surface area contributed by atoms with Gasteiger partial charge in [0.2, 0.25) is 5.91 Å². The number of hydrogen-bond acceptors (Lipinski definition) is 6. The normalized spacial score (nSPS) is 16.0. The molecule has 8 heteroatoms. The molecule has 22 heavy (non-hydrogen) atoms. The van der Waals surface area contributed by atoms with E-state index >= 15 is 0 Å². The molecule has 0 aliphatic rings. The minimum absolute atomic E-state index is 0.0535. The molecule has 0 bridgehead atoms. The van der Waals surface area contributed by atoms with Crippen molar-refractivity contribution >= 4 is 27.0 Å². The fourth-order valence-electron chi connectivity index (χ4n) is 1.66. The molecule has 126 valence electrons. The fraction of sp³-hybridized carbons (Fsp3) is 0.714. The van der Waals surface area contributed by atoms with Gasteiger partial charge in [-0.15, -0.1) is 11.3 Å². The molecule has 0 spiro atoms. The molecule has 0 radical (unpaired) electrons. The first kappa shape index (κ1) is 19.1. The van der Waals surface area contributed by atoms with E-state index in [9.17, 15) is 9.00 Å². The molecule has 4 N–H and O–H groups in total. The molecule has 0 fully saturated rings. The van der Waals surface area contributed by atoms with Gasteiger partial charge in [-0.3, -0.25) is 14.6 Å². The van der Waals surface area contributed by atoms with E-state index in [2.05, 4.69) is 31.1 Å². The number of nitrogens with one attached hydrogen (secondary N) is 2. The van der Waals surface area contributed by atoms with E-state index in [-0.39, 0.29) is 23.5 Å². The minimum atomic E-state index is -2.67. The van der Waals surface area contributed by atoms with Crippen LogP contribution < -0.4 is 11.1 Å². The number of nitrogens with zero attached hydrogens (tertiary/aromatic N) is 1. The highest BCUT2D eigenvalue weighted by molar-refractivity contribution is 7.92. The van der Waals surface area contributed by atoms with E-state index in [1.54, 1.807) is 11.7 Å². The van der Waals surface area contributed by atoms with Crippen molar-refractivity contribution in [3.8, 4) is 0 Å². The van der Waals surface area contributed by atoms with Gasteiger partial charge in [-0.1, -0.05) is 20.8 Å². The summed E-state index contributed by atoms with van der Waals surface area (Å²) >= 11 is 1.46. The quantitative estimate of drug-likeness (QED) is 0.668. The first-order chi connectivity index (χ1) is 10.1. The number of aromatic nitrogens is 1. The Morgan fingerprint density at radius 3 is 2.73 bits per heavy atom. The molecule has 6 nitrogen and oxygen atoms in total. The number of rotatable bonds is 8. The van der Waals surface area contributed by atoms with E-state index in [1.165, 1.54) is 11.3 Å². The standard InChI is InChI=1S/C14H26N4O2S2/c1-14(2,3)5-7-22(16,20)6-4-12(15)13(19)18-9-11-8-17-10-21-11/h8,10,12,16H,4-7,9,15H2,1-3H3,(H,18,19)/t12-,22?/m0/s1. The van der Waals surface area contributed by atoms with Gasteiger partial charge in [0.05, 0.1) is 18.1 Å². The SMILES string of the molecule is CC(C)(C)CCS(=N)(=O)CC[C@H](N)C(=O)NCc1cncs1. The Balaban J connectivity index is 2.34. The Labute approximate surface area is 136 Å². The summed E-state index contributed by atoms with van der Waals surface area (Å²) in [5, 5.41) is 2.73. The molecule has 2 atom stereocenters. The molecule has 1 heterocycles. The van der Waals surface area contributed by atoms with Crippen LogP contribution in [-0.4, -0.2) is 32.6 Å². The topological polar surface area (TPSA) is 109 Å². The zero-order valence-electron chi connectivity index (χ0n) is 13.4. The second-order valence-corrected chi connectivity index (χ2v) is 10.0. The van der Waals surface area contributed by atoms with Crippen molar-refractivity contribution < 1.29 is 9.00 Å². The average molecular weight is 347 g/mol. The Morgan fingerprint density at radius 2 is 2.18 bits per heavy atom. The van der Waals surface area contributed by atoms with Gasteiger partial charge < -0.3 is 11.1 Å². The third-order valence-corrected chi connectivity index (χ3v) is 5.74. The molecule has 1 aromatic rings. The number of carbonyl (C=O) groups is 1. The zero-order chi connectivity index (χ0) is 16.8. The van der Waals surface area contributed by atoms with Crippen molar-refractivity contribution in [2.45, 2.75) is 46.2 Å². The van der Waals surface area contributed by atoms with Gasteiger partial charge in [-0.05, 0) is 18.3 Å². The number of amides is 1. The molecule has 1 amide bonds. The van der Waals surface area contributed by atoms with Crippen molar-refractivity contribution in [1.29, 1.82) is 4.78 Å². The molecule has 0 aliphatic carbocycles. The van der Waals surface area contributed by atoms with Crippen LogP contribution in [0.2, 0.25) is 0 Å². The van der Waals surface area contributed by atoms with Crippen molar-refractivity contribution in [2.75, 3.05) is 11.5 Å². The zero-order valence-corrected chi connectivity index (χ0v) is 15.1. The highest BCUT2D eigenvalue weighted by Gasteiger charge is 2.19. The van der Waals surface area contributed by atoms with Gasteiger partial charge in [0, 0.05) is 32.3 Å². The lowest BCUT2D eigenvalue weighted by Crippen LogP contribution is -2.41. The van der Waals surface area contributed by atoms with E-state index in [0.29, 0.717) is 12.3 Å². The highest BCUT2D eigenvalue weighted by atomic mass is 32.2. The maximum atomic E-state index is 12.2. The summed E-state index contributed by atoms with van der Waals surface area (Å²) in [6, 6.07) is -0.728. The molecule has 0 aliphatic heterocycles. The second-order valence-electron chi connectivity index (χ2n) is 6.61. The van der Waals surface area contributed by atoms with E-state index in [0.717, 1.165) is 11.3 Å². The lowest BCUT2D eigenvalue weighted by atomic mass is 9.94.